The van der Waals surface area contributed by atoms with E-state index in [0.29, 0.717) is 13.2 Å². The number of methoxy groups -OCH3 is 2. The minimum atomic E-state index is -3.46. The van der Waals surface area contributed by atoms with Gasteiger partial charge >= 0.3 is 0 Å². The molecule has 3 atom stereocenters. The zero-order valence-electron chi connectivity index (χ0n) is 19.0. The molecule has 3 unspecified atom stereocenters. The van der Waals surface area contributed by atoms with Gasteiger partial charge in [0.15, 0.2) is 0 Å². The lowest BCUT2D eigenvalue weighted by Crippen LogP contribution is -2.45. The first-order valence-corrected chi connectivity index (χ1v) is 12.6. The minimum Gasteiger partial charge on any atom is -0.359 e. The van der Waals surface area contributed by atoms with E-state index in [0.717, 1.165) is 37.0 Å². The van der Waals surface area contributed by atoms with Gasteiger partial charge in [0, 0.05) is 45.5 Å². The predicted molar refractivity (Wildman–Crippen MR) is 122 cm³/mol. The van der Waals surface area contributed by atoms with E-state index < -0.39 is 10.1 Å². The van der Waals surface area contributed by atoms with Crippen LogP contribution in [-0.2, 0) is 35.1 Å². The molecule has 1 aromatic carbocycles. The average Bonchev–Trinajstić information content (AvgIpc) is 2.79. The second kappa shape index (κ2) is 11.9. The summed E-state index contributed by atoms with van der Waals surface area (Å²) in [5.74, 6) is 0.285. The van der Waals surface area contributed by atoms with Gasteiger partial charge in [-0.3, -0.25) is 4.18 Å². The van der Waals surface area contributed by atoms with Crippen LogP contribution in [-0.4, -0.2) is 73.1 Å². The van der Waals surface area contributed by atoms with E-state index in [1.165, 1.54) is 5.56 Å². The zero-order valence-corrected chi connectivity index (χ0v) is 19.8. The molecule has 1 fully saturated rings. The zero-order chi connectivity index (χ0) is 23.0. The average molecular weight is 467 g/mol. The first-order chi connectivity index (χ1) is 15.4. The molecule has 0 radical (unpaired) electrons. The third-order valence-corrected chi connectivity index (χ3v) is 6.18. The molecule has 2 aliphatic rings. The van der Waals surface area contributed by atoms with Crippen LogP contribution in [0.5, 0.6) is 0 Å². The van der Waals surface area contributed by atoms with Crippen molar-refractivity contribution in [2.45, 2.75) is 19.2 Å². The first-order valence-electron chi connectivity index (χ1n) is 10.8. The fourth-order valence-electron chi connectivity index (χ4n) is 4.19. The van der Waals surface area contributed by atoms with E-state index in [-0.39, 0.29) is 31.5 Å². The molecule has 0 aliphatic carbocycles. The normalized spacial score (nSPS) is 24.2. The van der Waals surface area contributed by atoms with Crippen LogP contribution >= 0.6 is 0 Å². The molecule has 1 saturated heterocycles. The molecule has 32 heavy (non-hydrogen) atoms. The summed E-state index contributed by atoms with van der Waals surface area (Å²) in [6.45, 7) is 3.07. The summed E-state index contributed by atoms with van der Waals surface area (Å²) in [4.78, 5) is 2.27. The van der Waals surface area contributed by atoms with Gasteiger partial charge in [-0.15, -0.1) is 0 Å². The molecule has 9 heteroatoms. The number of nitrogens with zero attached hydrogens (tertiary/aromatic N) is 1. The summed E-state index contributed by atoms with van der Waals surface area (Å²) in [5.41, 5.74) is 3.37. The highest BCUT2D eigenvalue weighted by atomic mass is 32.2. The van der Waals surface area contributed by atoms with Crippen molar-refractivity contribution in [3.63, 3.8) is 0 Å². The molecule has 0 amide bonds. The lowest BCUT2D eigenvalue weighted by molar-refractivity contribution is -0.0237. The predicted octanol–water partition coefficient (Wildman–Crippen LogP) is 2.11. The number of nitrogens with one attached hydrogen (secondary N) is 1. The molecule has 1 N–H and O–H groups in total. The number of ether oxygens (including phenoxy) is 3. The van der Waals surface area contributed by atoms with Crippen molar-refractivity contribution in [2.75, 3.05) is 53.6 Å². The SMILES string of the molecule is COCOCC1=CC(OC)N(Cc2ccccc2)C(C2CNCC(COS(C)(=O)=O)C2)=C1. The third-order valence-electron chi connectivity index (χ3n) is 5.61. The van der Waals surface area contributed by atoms with Crippen LogP contribution < -0.4 is 5.32 Å². The Balaban J connectivity index is 1.82. The molecular formula is C23H34N2O6S. The fraction of sp³-hybridized carbons (Fsp3) is 0.565. The molecule has 2 heterocycles. The molecule has 8 nitrogen and oxygen atoms in total. The highest BCUT2D eigenvalue weighted by molar-refractivity contribution is 7.85. The highest BCUT2D eigenvalue weighted by Gasteiger charge is 2.33. The maximum atomic E-state index is 11.5. The Morgan fingerprint density at radius 3 is 2.62 bits per heavy atom. The van der Waals surface area contributed by atoms with E-state index in [4.69, 9.17) is 18.4 Å². The Hall–Kier alpha value is -1.75. The molecule has 0 spiro atoms. The quantitative estimate of drug-likeness (QED) is 0.302. The molecule has 3 rings (SSSR count). The summed E-state index contributed by atoms with van der Waals surface area (Å²) < 4.78 is 44.4. The summed E-state index contributed by atoms with van der Waals surface area (Å²) in [6, 6.07) is 10.3. The van der Waals surface area contributed by atoms with E-state index in [1.54, 1.807) is 14.2 Å². The van der Waals surface area contributed by atoms with Crippen molar-refractivity contribution >= 4 is 10.1 Å². The first kappa shape index (κ1) is 24.9. The third kappa shape index (κ3) is 7.40. The van der Waals surface area contributed by atoms with E-state index >= 15 is 0 Å². The van der Waals surface area contributed by atoms with Crippen molar-refractivity contribution in [3.8, 4) is 0 Å². The summed E-state index contributed by atoms with van der Waals surface area (Å²) in [6.07, 6.45) is 5.92. The van der Waals surface area contributed by atoms with Crippen molar-refractivity contribution in [2.24, 2.45) is 11.8 Å². The lowest BCUT2D eigenvalue weighted by Gasteiger charge is -2.42. The number of hydrogen-bond donors (Lipinski definition) is 1. The molecule has 2 aliphatic heterocycles. The van der Waals surface area contributed by atoms with E-state index in [1.807, 2.05) is 18.2 Å². The lowest BCUT2D eigenvalue weighted by atomic mass is 9.86. The maximum absolute atomic E-state index is 11.5. The Morgan fingerprint density at radius 1 is 1.16 bits per heavy atom. The fourth-order valence-corrected chi connectivity index (χ4v) is 4.63. The largest absolute Gasteiger partial charge is 0.359 e. The minimum absolute atomic E-state index is 0.100. The van der Waals surface area contributed by atoms with Crippen LogP contribution in [0, 0.1) is 11.8 Å². The van der Waals surface area contributed by atoms with Gasteiger partial charge in [0.25, 0.3) is 10.1 Å². The Bertz CT molecular complexity index is 887. The molecule has 0 saturated carbocycles. The Kier molecular flexibility index (Phi) is 9.27. The van der Waals surface area contributed by atoms with Gasteiger partial charge in [0.1, 0.15) is 13.0 Å². The van der Waals surface area contributed by atoms with Crippen LogP contribution in [0.4, 0.5) is 0 Å². The Labute approximate surface area is 191 Å². The summed E-state index contributed by atoms with van der Waals surface area (Å²) >= 11 is 0. The molecular weight excluding hydrogens is 432 g/mol. The second-order valence-corrected chi connectivity index (χ2v) is 9.90. The van der Waals surface area contributed by atoms with Gasteiger partial charge in [-0.25, -0.2) is 0 Å². The molecule has 0 bridgehead atoms. The van der Waals surface area contributed by atoms with Crippen molar-refractivity contribution < 1.29 is 26.8 Å². The number of piperidine rings is 1. The van der Waals surface area contributed by atoms with Crippen LogP contribution in [0.1, 0.15) is 12.0 Å². The molecule has 0 aromatic heterocycles. The topological polar surface area (TPSA) is 86.3 Å². The van der Waals surface area contributed by atoms with E-state index in [9.17, 15) is 8.42 Å². The van der Waals surface area contributed by atoms with E-state index in [2.05, 4.69) is 34.5 Å². The second-order valence-electron chi connectivity index (χ2n) is 8.25. The van der Waals surface area contributed by atoms with Gasteiger partial charge in [0.05, 0.1) is 19.5 Å². The van der Waals surface area contributed by atoms with Gasteiger partial charge in [0.2, 0.25) is 0 Å². The standard InChI is InChI=1S/C23H34N2O6S/c1-28-17-30-15-19-10-22(21-9-20(12-24-13-21)16-31-32(3,26)27)25(23(11-19)29-2)14-18-7-5-4-6-8-18/h4-8,10-11,20-21,23-24H,9,12-17H2,1-3H3. The van der Waals surface area contributed by atoms with Gasteiger partial charge in [-0.2, -0.15) is 8.42 Å². The van der Waals surface area contributed by atoms with Crippen LogP contribution in [0.3, 0.4) is 0 Å². The number of rotatable bonds is 11. The Morgan fingerprint density at radius 2 is 1.94 bits per heavy atom. The highest BCUT2D eigenvalue weighted by Crippen LogP contribution is 2.33. The van der Waals surface area contributed by atoms with Crippen molar-refractivity contribution in [1.29, 1.82) is 0 Å². The van der Waals surface area contributed by atoms with Crippen molar-refractivity contribution in [1.82, 2.24) is 10.2 Å². The van der Waals surface area contributed by atoms with Crippen LogP contribution in [0.15, 0.2) is 53.8 Å². The monoisotopic (exact) mass is 466 g/mol. The van der Waals surface area contributed by atoms with Crippen LogP contribution in [0.25, 0.3) is 0 Å². The summed E-state index contributed by atoms with van der Waals surface area (Å²) in [5, 5.41) is 3.45. The van der Waals surface area contributed by atoms with Gasteiger partial charge < -0.3 is 24.4 Å². The molecule has 178 valence electrons. The summed E-state index contributed by atoms with van der Waals surface area (Å²) in [7, 11) is -0.156. The van der Waals surface area contributed by atoms with Crippen LogP contribution in [0.2, 0.25) is 0 Å². The number of hydrogen-bond acceptors (Lipinski definition) is 8. The van der Waals surface area contributed by atoms with Gasteiger partial charge in [-0.05, 0) is 35.6 Å². The molecule has 1 aromatic rings. The van der Waals surface area contributed by atoms with Gasteiger partial charge in [-0.1, -0.05) is 30.3 Å². The maximum Gasteiger partial charge on any atom is 0.264 e. The van der Waals surface area contributed by atoms with Crippen molar-refractivity contribution in [3.05, 3.63) is 59.3 Å². The number of benzene rings is 1. The smallest absolute Gasteiger partial charge is 0.264 e.